The fraction of sp³-hybridized carbons (Fsp3) is 0.0800. The average Bonchev–Trinajstić information content (AvgIpc) is 3.17. The quantitative estimate of drug-likeness (QED) is 0.312. The summed E-state index contributed by atoms with van der Waals surface area (Å²) < 4.78 is 2.00. The van der Waals surface area contributed by atoms with E-state index in [1.807, 2.05) is 49.4 Å². The standard InChI is InChI=1S/C25H20BrClN4O3/c1-15-7-9-20(19(26)11-15)29-23(32)22-13-17-12-18(27)8-10-21(17)31(22)30-25(34)24(33)28-14-16-5-3-2-4-6-16/h2-13H,14H2,1H3,(H,28,33)(H,29,32)(H,30,34). The average molecular weight is 540 g/mol. The normalized spacial score (nSPS) is 10.7. The molecule has 0 aliphatic carbocycles. The van der Waals surface area contributed by atoms with Crippen LogP contribution in [0.25, 0.3) is 10.9 Å². The van der Waals surface area contributed by atoms with Gasteiger partial charge in [-0.3, -0.25) is 19.8 Å². The number of aromatic nitrogens is 1. The molecule has 0 atom stereocenters. The van der Waals surface area contributed by atoms with Gasteiger partial charge in [-0.25, -0.2) is 4.68 Å². The Labute approximate surface area is 209 Å². The lowest BCUT2D eigenvalue weighted by molar-refractivity contribution is -0.136. The topological polar surface area (TPSA) is 92.2 Å². The van der Waals surface area contributed by atoms with Crippen LogP contribution in [0.5, 0.6) is 0 Å². The minimum atomic E-state index is -0.908. The first kappa shape index (κ1) is 23.5. The summed E-state index contributed by atoms with van der Waals surface area (Å²) in [4.78, 5) is 38.2. The molecule has 7 nitrogen and oxygen atoms in total. The van der Waals surface area contributed by atoms with E-state index in [1.165, 1.54) is 4.68 Å². The van der Waals surface area contributed by atoms with Gasteiger partial charge in [-0.2, -0.15) is 0 Å². The smallest absolute Gasteiger partial charge is 0.328 e. The van der Waals surface area contributed by atoms with E-state index in [-0.39, 0.29) is 12.2 Å². The number of hydrogen-bond donors (Lipinski definition) is 3. The molecule has 3 aromatic carbocycles. The zero-order chi connectivity index (χ0) is 24.2. The Morgan fingerprint density at radius 2 is 1.71 bits per heavy atom. The summed E-state index contributed by atoms with van der Waals surface area (Å²) >= 11 is 9.56. The molecule has 0 bridgehead atoms. The molecule has 0 fully saturated rings. The fourth-order valence-electron chi connectivity index (χ4n) is 3.39. The van der Waals surface area contributed by atoms with E-state index in [1.54, 1.807) is 30.3 Å². The van der Waals surface area contributed by atoms with Crippen LogP contribution >= 0.6 is 27.5 Å². The van der Waals surface area contributed by atoms with Crippen LogP contribution in [-0.4, -0.2) is 22.4 Å². The summed E-state index contributed by atoms with van der Waals surface area (Å²) in [5, 5.41) is 6.51. The minimum Gasteiger partial charge on any atom is -0.344 e. The lowest BCUT2D eigenvalue weighted by Crippen LogP contribution is -2.39. The number of carbonyl (C=O) groups excluding carboxylic acids is 3. The third-order valence-corrected chi connectivity index (χ3v) is 5.98. The second-order valence-corrected chi connectivity index (χ2v) is 8.91. The van der Waals surface area contributed by atoms with Crippen molar-refractivity contribution in [3.63, 3.8) is 0 Å². The van der Waals surface area contributed by atoms with E-state index in [9.17, 15) is 14.4 Å². The molecule has 34 heavy (non-hydrogen) atoms. The monoisotopic (exact) mass is 538 g/mol. The van der Waals surface area contributed by atoms with E-state index < -0.39 is 17.7 Å². The Bertz CT molecular complexity index is 1400. The lowest BCUT2D eigenvalue weighted by atomic mass is 10.2. The maximum Gasteiger partial charge on any atom is 0.328 e. The number of nitrogens with zero attached hydrogens (tertiary/aromatic N) is 1. The Morgan fingerprint density at radius 1 is 0.941 bits per heavy atom. The van der Waals surface area contributed by atoms with Crippen molar-refractivity contribution in [2.75, 3.05) is 10.7 Å². The molecule has 0 radical (unpaired) electrons. The van der Waals surface area contributed by atoms with Crippen molar-refractivity contribution in [2.24, 2.45) is 0 Å². The Morgan fingerprint density at radius 3 is 2.44 bits per heavy atom. The Balaban J connectivity index is 1.59. The van der Waals surface area contributed by atoms with Gasteiger partial charge in [-0.1, -0.05) is 48.0 Å². The minimum absolute atomic E-state index is 0.133. The first-order chi connectivity index (χ1) is 16.3. The van der Waals surface area contributed by atoms with Crippen molar-refractivity contribution in [3.05, 3.63) is 99.1 Å². The maximum atomic E-state index is 13.2. The van der Waals surface area contributed by atoms with Crippen LogP contribution in [0.2, 0.25) is 5.02 Å². The molecule has 0 saturated carbocycles. The third-order valence-electron chi connectivity index (χ3n) is 5.08. The van der Waals surface area contributed by atoms with Crippen molar-refractivity contribution in [1.82, 2.24) is 9.99 Å². The molecule has 4 aromatic rings. The first-order valence-corrected chi connectivity index (χ1v) is 11.5. The van der Waals surface area contributed by atoms with Crippen molar-refractivity contribution >= 4 is 61.8 Å². The van der Waals surface area contributed by atoms with Gasteiger partial charge in [0.05, 0.1) is 11.2 Å². The van der Waals surface area contributed by atoms with Gasteiger partial charge in [-0.05, 0) is 70.4 Å². The SMILES string of the molecule is Cc1ccc(NC(=O)c2cc3cc(Cl)ccc3n2NC(=O)C(=O)NCc2ccccc2)c(Br)c1. The summed E-state index contributed by atoms with van der Waals surface area (Å²) in [5.41, 5.74) is 5.63. The van der Waals surface area contributed by atoms with E-state index in [0.29, 0.717) is 21.6 Å². The van der Waals surface area contributed by atoms with Gasteiger partial charge < -0.3 is 10.6 Å². The van der Waals surface area contributed by atoms with Crippen molar-refractivity contribution in [2.45, 2.75) is 13.5 Å². The van der Waals surface area contributed by atoms with E-state index >= 15 is 0 Å². The molecule has 3 amide bonds. The largest absolute Gasteiger partial charge is 0.344 e. The fourth-order valence-corrected chi connectivity index (χ4v) is 4.17. The molecular weight excluding hydrogens is 520 g/mol. The summed E-state index contributed by atoms with van der Waals surface area (Å²) in [7, 11) is 0. The van der Waals surface area contributed by atoms with Gasteiger partial charge in [0.25, 0.3) is 5.91 Å². The highest BCUT2D eigenvalue weighted by atomic mass is 79.9. The summed E-state index contributed by atoms with van der Waals surface area (Å²) in [5.74, 6) is -2.21. The molecule has 4 rings (SSSR count). The molecular formula is C25H20BrClN4O3. The van der Waals surface area contributed by atoms with Gasteiger partial charge in [-0.15, -0.1) is 0 Å². The molecule has 1 aromatic heterocycles. The number of halogens is 2. The Kier molecular flexibility index (Phi) is 7.00. The summed E-state index contributed by atoms with van der Waals surface area (Å²) in [6.45, 7) is 2.14. The van der Waals surface area contributed by atoms with Crippen molar-refractivity contribution in [1.29, 1.82) is 0 Å². The predicted octanol–water partition coefficient (Wildman–Crippen LogP) is 5.00. The van der Waals surface area contributed by atoms with Gasteiger partial charge in [0.15, 0.2) is 0 Å². The van der Waals surface area contributed by atoms with Crippen LogP contribution in [0, 0.1) is 6.92 Å². The predicted molar refractivity (Wildman–Crippen MR) is 136 cm³/mol. The number of hydrogen-bond acceptors (Lipinski definition) is 3. The van der Waals surface area contributed by atoms with E-state index in [0.717, 1.165) is 15.6 Å². The molecule has 9 heteroatoms. The van der Waals surface area contributed by atoms with Gasteiger partial charge >= 0.3 is 11.8 Å². The molecule has 172 valence electrons. The van der Waals surface area contributed by atoms with E-state index in [2.05, 4.69) is 32.0 Å². The van der Waals surface area contributed by atoms with Gasteiger partial charge in [0, 0.05) is 21.4 Å². The second-order valence-electron chi connectivity index (χ2n) is 7.61. The number of rotatable bonds is 5. The zero-order valence-corrected chi connectivity index (χ0v) is 20.4. The number of benzene rings is 3. The number of carbonyl (C=O) groups is 3. The number of nitrogens with one attached hydrogen (secondary N) is 3. The summed E-state index contributed by atoms with van der Waals surface area (Å²) in [6, 6.07) is 21.3. The molecule has 0 unspecified atom stereocenters. The van der Waals surface area contributed by atoms with Crippen LogP contribution in [0.3, 0.4) is 0 Å². The maximum absolute atomic E-state index is 13.2. The van der Waals surface area contributed by atoms with Crippen LogP contribution in [0.1, 0.15) is 21.6 Å². The molecule has 3 N–H and O–H groups in total. The molecule has 0 spiro atoms. The highest BCUT2D eigenvalue weighted by Crippen LogP contribution is 2.26. The zero-order valence-electron chi connectivity index (χ0n) is 18.1. The van der Waals surface area contributed by atoms with Crippen molar-refractivity contribution in [3.8, 4) is 0 Å². The van der Waals surface area contributed by atoms with Crippen molar-refractivity contribution < 1.29 is 14.4 Å². The highest BCUT2D eigenvalue weighted by Gasteiger charge is 2.21. The number of anilines is 1. The second kappa shape index (κ2) is 10.1. The number of fused-ring (bicyclic) bond motifs is 1. The third kappa shape index (κ3) is 5.30. The van der Waals surface area contributed by atoms with Crippen LogP contribution in [0.4, 0.5) is 5.69 Å². The molecule has 1 heterocycles. The Hall–Kier alpha value is -3.62. The summed E-state index contributed by atoms with van der Waals surface area (Å²) in [6.07, 6.45) is 0. The van der Waals surface area contributed by atoms with Crippen LogP contribution in [0.15, 0.2) is 77.3 Å². The molecule has 0 aliphatic heterocycles. The first-order valence-electron chi connectivity index (χ1n) is 10.3. The van der Waals surface area contributed by atoms with E-state index in [4.69, 9.17) is 11.6 Å². The number of aryl methyl sites for hydroxylation is 1. The molecule has 0 aliphatic rings. The van der Waals surface area contributed by atoms with Crippen LogP contribution in [-0.2, 0) is 16.1 Å². The van der Waals surface area contributed by atoms with Gasteiger partial charge in [0.2, 0.25) is 0 Å². The number of amides is 3. The van der Waals surface area contributed by atoms with Gasteiger partial charge in [0.1, 0.15) is 5.69 Å². The molecule has 0 saturated heterocycles. The lowest BCUT2D eigenvalue weighted by Gasteiger charge is -2.13. The van der Waals surface area contributed by atoms with Crippen LogP contribution < -0.4 is 16.1 Å². The highest BCUT2D eigenvalue weighted by molar-refractivity contribution is 9.10.